The molecule has 28 heavy (non-hydrogen) atoms. The SMILES string of the molecule is COc1cccc2c1oc(=O)c1c(C)nc3c(c(C)nn3-c3ccccc3)c12. The van der Waals surface area contributed by atoms with Crippen molar-refractivity contribution in [3.63, 3.8) is 0 Å². The summed E-state index contributed by atoms with van der Waals surface area (Å²) in [7, 11) is 1.56. The van der Waals surface area contributed by atoms with Gasteiger partial charge in [-0.2, -0.15) is 5.10 Å². The minimum atomic E-state index is -0.425. The number of ether oxygens (including phenoxy) is 1. The van der Waals surface area contributed by atoms with Crippen molar-refractivity contribution < 1.29 is 9.15 Å². The van der Waals surface area contributed by atoms with E-state index in [0.717, 1.165) is 27.5 Å². The van der Waals surface area contributed by atoms with E-state index < -0.39 is 5.63 Å². The lowest BCUT2D eigenvalue weighted by molar-refractivity contribution is 0.407. The van der Waals surface area contributed by atoms with E-state index in [1.165, 1.54) is 0 Å². The summed E-state index contributed by atoms with van der Waals surface area (Å²) in [5.41, 5.74) is 3.04. The van der Waals surface area contributed by atoms with Crippen LogP contribution in [0.1, 0.15) is 11.4 Å². The van der Waals surface area contributed by atoms with Gasteiger partial charge in [0, 0.05) is 10.8 Å². The molecule has 0 saturated carbocycles. The van der Waals surface area contributed by atoms with E-state index in [0.29, 0.717) is 28.1 Å². The van der Waals surface area contributed by atoms with Crippen LogP contribution in [-0.4, -0.2) is 21.9 Å². The van der Waals surface area contributed by atoms with Crippen LogP contribution in [0.5, 0.6) is 5.75 Å². The van der Waals surface area contributed by atoms with E-state index in [9.17, 15) is 4.79 Å². The number of nitrogens with zero attached hydrogens (tertiary/aromatic N) is 3. The van der Waals surface area contributed by atoms with Crippen molar-refractivity contribution >= 4 is 32.8 Å². The second-order valence-corrected chi connectivity index (χ2v) is 6.71. The molecular formula is C22H17N3O3. The Labute approximate surface area is 160 Å². The molecular weight excluding hydrogens is 354 g/mol. The zero-order valence-electron chi connectivity index (χ0n) is 15.7. The number of rotatable bonds is 2. The van der Waals surface area contributed by atoms with Crippen LogP contribution in [0.2, 0.25) is 0 Å². The van der Waals surface area contributed by atoms with Gasteiger partial charge in [0.15, 0.2) is 17.0 Å². The molecule has 3 heterocycles. The lowest BCUT2D eigenvalue weighted by atomic mass is 10.0. The Balaban J connectivity index is 2.06. The average Bonchev–Trinajstić information content (AvgIpc) is 3.04. The third-order valence-electron chi connectivity index (χ3n) is 5.04. The summed E-state index contributed by atoms with van der Waals surface area (Å²) in [6, 6.07) is 15.4. The zero-order valence-corrected chi connectivity index (χ0v) is 15.7. The Morgan fingerprint density at radius 1 is 0.929 bits per heavy atom. The molecule has 0 aliphatic rings. The molecule has 5 rings (SSSR count). The number of aromatic nitrogens is 3. The maximum atomic E-state index is 12.8. The third kappa shape index (κ3) is 2.18. The summed E-state index contributed by atoms with van der Waals surface area (Å²) >= 11 is 0. The number of aryl methyl sites for hydroxylation is 2. The van der Waals surface area contributed by atoms with Gasteiger partial charge in [0.05, 0.1) is 35.0 Å². The van der Waals surface area contributed by atoms with E-state index in [4.69, 9.17) is 19.2 Å². The fraction of sp³-hybridized carbons (Fsp3) is 0.136. The van der Waals surface area contributed by atoms with E-state index in [1.807, 2.05) is 61.0 Å². The monoisotopic (exact) mass is 371 g/mol. The molecule has 5 aromatic rings. The Morgan fingerprint density at radius 2 is 1.71 bits per heavy atom. The van der Waals surface area contributed by atoms with Crippen molar-refractivity contribution in [1.82, 2.24) is 14.8 Å². The predicted molar refractivity (Wildman–Crippen MR) is 108 cm³/mol. The molecule has 0 unspecified atom stereocenters. The van der Waals surface area contributed by atoms with Gasteiger partial charge in [0.2, 0.25) is 0 Å². The maximum Gasteiger partial charge on any atom is 0.346 e. The Bertz CT molecular complexity index is 1430. The van der Waals surface area contributed by atoms with Gasteiger partial charge in [-0.05, 0) is 32.0 Å². The van der Waals surface area contributed by atoms with Crippen molar-refractivity contribution in [2.75, 3.05) is 7.11 Å². The topological polar surface area (TPSA) is 70.2 Å². The highest BCUT2D eigenvalue weighted by atomic mass is 16.5. The molecule has 0 saturated heterocycles. The van der Waals surface area contributed by atoms with E-state index >= 15 is 0 Å². The molecule has 0 fully saturated rings. The summed E-state index contributed by atoms with van der Waals surface area (Å²) in [5.74, 6) is 0.521. The first-order valence-electron chi connectivity index (χ1n) is 8.95. The molecule has 0 atom stereocenters. The standard InChI is InChI=1S/C22H17N3O3/c1-12-18-19(15-10-7-11-16(27-3)20(15)28-22(18)26)17-13(2)24-25(21(17)23-12)14-8-5-4-6-9-14/h4-11H,1-3H3. The maximum absolute atomic E-state index is 12.8. The molecule has 0 amide bonds. The van der Waals surface area contributed by atoms with Crippen molar-refractivity contribution in [2.45, 2.75) is 13.8 Å². The van der Waals surface area contributed by atoms with Crippen molar-refractivity contribution in [3.05, 3.63) is 70.3 Å². The highest BCUT2D eigenvalue weighted by Crippen LogP contribution is 2.36. The minimum absolute atomic E-state index is 0.425. The smallest absolute Gasteiger partial charge is 0.346 e. The molecule has 138 valence electrons. The molecule has 0 bridgehead atoms. The fourth-order valence-corrected chi connectivity index (χ4v) is 3.82. The summed E-state index contributed by atoms with van der Waals surface area (Å²) in [4.78, 5) is 17.5. The van der Waals surface area contributed by atoms with E-state index in [1.54, 1.807) is 13.2 Å². The van der Waals surface area contributed by atoms with Crippen LogP contribution in [0.15, 0.2) is 57.7 Å². The molecule has 0 aliphatic heterocycles. The highest BCUT2D eigenvalue weighted by Gasteiger charge is 2.21. The average molecular weight is 371 g/mol. The van der Waals surface area contributed by atoms with Crippen LogP contribution in [0.25, 0.3) is 38.5 Å². The van der Waals surface area contributed by atoms with Crippen molar-refractivity contribution in [3.8, 4) is 11.4 Å². The van der Waals surface area contributed by atoms with Gasteiger partial charge >= 0.3 is 5.63 Å². The van der Waals surface area contributed by atoms with Gasteiger partial charge < -0.3 is 9.15 Å². The van der Waals surface area contributed by atoms with Gasteiger partial charge in [-0.3, -0.25) is 0 Å². The Hall–Kier alpha value is -3.67. The number of pyridine rings is 1. The highest BCUT2D eigenvalue weighted by molar-refractivity contribution is 6.19. The fourth-order valence-electron chi connectivity index (χ4n) is 3.82. The predicted octanol–water partition coefficient (Wildman–Crippen LogP) is 4.31. The molecule has 3 aromatic heterocycles. The molecule has 2 aromatic carbocycles. The third-order valence-corrected chi connectivity index (χ3v) is 5.04. The number of hydrogen-bond acceptors (Lipinski definition) is 5. The summed E-state index contributed by atoms with van der Waals surface area (Å²) in [6.45, 7) is 3.75. The summed E-state index contributed by atoms with van der Waals surface area (Å²) in [6.07, 6.45) is 0. The number of hydrogen-bond donors (Lipinski definition) is 0. The normalized spacial score (nSPS) is 11.5. The van der Waals surface area contributed by atoms with Crippen LogP contribution in [-0.2, 0) is 0 Å². The van der Waals surface area contributed by atoms with Gasteiger partial charge in [-0.25, -0.2) is 14.5 Å². The quantitative estimate of drug-likeness (QED) is 0.342. The largest absolute Gasteiger partial charge is 0.493 e. The van der Waals surface area contributed by atoms with E-state index in [2.05, 4.69) is 0 Å². The van der Waals surface area contributed by atoms with Crippen molar-refractivity contribution in [1.29, 1.82) is 0 Å². The van der Waals surface area contributed by atoms with E-state index in [-0.39, 0.29) is 0 Å². The lowest BCUT2D eigenvalue weighted by Crippen LogP contribution is -2.06. The second kappa shape index (κ2) is 5.92. The second-order valence-electron chi connectivity index (χ2n) is 6.71. The summed E-state index contributed by atoms with van der Waals surface area (Å²) in [5, 5.41) is 7.64. The van der Waals surface area contributed by atoms with Crippen molar-refractivity contribution in [2.24, 2.45) is 0 Å². The van der Waals surface area contributed by atoms with Crippen LogP contribution < -0.4 is 10.4 Å². The minimum Gasteiger partial charge on any atom is -0.493 e. The molecule has 0 N–H and O–H groups in total. The summed E-state index contributed by atoms with van der Waals surface area (Å²) < 4.78 is 12.8. The van der Waals surface area contributed by atoms with Crippen LogP contribution in [0.4, 0.5) is 0 Å². The molecule has 0 spiro atoms. The number of fused-ring (bicyclic) bond motifs is 5. The van der Waals surface area contributed by atoms with Crippen LogP contribution >= 0.6 is 0 Å². The molecule has 0 radical (unpaired) electrons. The van der Waals surface area contributed by atoms with Gasteiger partial charge in [-0.15, -0.1) is 0 Å². The van der Waals surface area contributed by atoms with Crippen LogP contribution in [0, 0.1) is 13.8 Å². The first-order valence-corrected chi connectivity index (χ1v) is 8.95. The lowest BCUT2D eigenvalue weighted by Gasteiger charge is -2.09. The van der Waals surface area contributed by atoms with Gasteiger partial charge in [0.25, 0.3) is 0 Å². The number of methoxy groups -OCH3 is 1. The zero-order chi connectivity index (χ0) is 19.4. The van der Waals surface area contributed by atoms with Gasteiger partial charge in [-0.1, -0.05) is 30.3 Å². The van der Waals surface area contributed by atoms with Gasteiger partial charge in [0.1, 0.15) is 0 Å². The Kier molecular flexibility index (Phi) is 3.49. The first kappa shape index (κ1) is 16.5. The molecule has 0 aliphatic carbocycles. The van der Waals surface area contributed by atoms with Crippen LogP contribution in [0.3, 0.4) is 0 Å². The molecule has 6 nitrogen and oxygen atoms in total. The first-order chi connectivity index (χ1) is 13.6. The number of benzene rings is 2. The molecule has 6 heteroatoms. The Morgan fingerprint density at radius 3 is 2.46 bits per heavy atom. The number of para-hydroxylation sites is 2.